The van der Waals surface area contributed by atoms with Crippen LogP contribution in [0.2, 0.25) is 0 Å². The third kappa shape index (κ3) is 6.05. The smallest absolute Gasteiger partial charge is 0.326 e. The van der Waals surface area contributed by atoms with E-state index >= 15 is 0 Å². The van der Waals surface area contributed by atoms with E-state index in [0.29, 0.717) is 13.2 Å². The van der Waals surface area contributed by atoms with Crippen molar-refractivity contribution < 1.29 is 19.4 Å². The Kier molecular flexibility index (Phi) is 5.92. The van der Waals surface area contributed by atoms with Crippen molar-refractivity contribution in [2.75, 3.05) is 26.9 Å². The average molecular weight is 233 g/mol. The maximum absolute atomic E-state index is 10.9. The van der Waals surface area contributed by atoms with Crippen LogP contribution in [0.5, 0.6) is 0 Å². The van der Waals surface area contributed by atoms with Crippen LogP contribution in [0.3, 0.4) is 0 Å². The van der Waals surface area contributed by atoms with Gasteiger partial charge in [0.15, 0.2) is 0 Å². The first kappa shape index (κ1) is 15.3. The van der Waals surface area contributed by atoms with Gasteiger partial charge >= 0.3 is 5.97 Å². The molecule has 96 valence electrons. The molecule has 0 saturated carbocycles. The molecule has 0 amide bonds. The molecule has 1 unspecified atom stereocenters. The molecule has 1 atom stereocenters. The van der Waals surface area contributed by atoms with E-state index < -0.39 is 11.5 Å². The number of carboxylic acids is 1. The summed E-state index contributed by atoms with van der Waals surface area (Å²) >= 11 is 0. The molecule has 2 N–H and O–H groups in total. The highest BCUT2D eigenvalue weighted by atomic mass is 16.5. The molecule has 16 heavy (non-hydrogen) atoms. The molecule has 0 spiro atoms. The summed E-state index contributed by atoms with van der Waals surface area (Å²) in [5.74, 6) is -0.924. The summed E-state index contributed by atoms with van der Waals surface area (Å²) in [5, 5.41) is 11.7. The first-order chi connectivity index (χ1) is 7.21. The van der Waals surface area contributed by atoms with Gasteiger partial charge in [0.2, 0.25) is 0 Å². The fourth-order valence-electron chi connectivity index (χ4n) is 0.924. The Labute approximate surface area is 97.1 Å². The summed E-state index contributed by atoms with van der Waals surface area (Å²) in [6.07, 6.45) is 0. The van der Waals surface area contributed by atoms with Crippen LogP contribution in [0.1, 0.15) is 27.7 Å². The largest absolute Gasteiger partial charge is 0.480 e. The van der Waals surface area contributed by atoms with E-state index in [1.807, 2.05) is 20.8 Å². The van der Waals surface area contributed by atoms with Crippen LogP contribution in [0.4, 0.5) is 0 Å². The fourth-order valence-corrected chi connectivity index (χ4v) is 0.924. The molecule has 0 heterocycles. The van der Waals surface area contributed by atoms with Crippen molar-refractivity contribution in [1.29, 1.82) is 0 Å². The van der Waals surface area contributed by atoms with Crippen LogP contribution >= 0.6 is 0 Å². The summed E-state index contributed by atoms with van der Waals surface area (Å²) < 4.78 is 10.7. The third-order valence-electron chi connectivity index (χ3n) is 2.18. The molecular weight excluding hydrogens is 210 g/mol. The molecule has 0 aliphatic rings. The number of ether oxygens (including phenoxy) is 2. The van der Waals surface area contributed by atoms with E-state index in [1.165, 1.54) is 0 Å². The Bertz CT molecular complexity index is 225. The Morgan fingerprint density at radius 2 is 1.81 bits per heavy atom. The second-order valence-electron chi connectivity index (χ2n) is 4.90. The quantitative estimate of drug-likeness (QED) is 0.639. The zero-order valence-electron chi connectivity index (χ0n) is 10.8. The molecule has 0 aliphatic heterocycles. The minimum Gasteiger partial charge on any atom is -0.480 e. The fraction of sp³-hybridized carbons (Fsp3) is 0.909. The van der Waals surface area contributed by atoms with E-state index in [1.54, 1.807) is 14.0 Å². The number of hydrogen-bond donors (Lipinski definition) is 2. The second-order valence-corrected chi connectivity index (χ2v) is 4.90. The van der Waals surface area contributed by atoms with Gasteiger partial charge in [0, 0.05) is 0 Å². The molecule has 0 bridgehead atoms. The van der Waals surface area contributed by atoms with Crippen molar-refractivity contribution >= 4 is 5.97 Å². The number of carboxylic acid groups (broad SMARTS) is 1. The predicted molar refractivity (Wildman–Crippen MR) is 61.6 cm³/mol. The van der Waals surface area contributed by atoms with Crippen LogP contribution in [-0.2, 0) is 14.3 Å². The second kappa shape index (κ2) is 6.18. The van der Waals surface area contributed by atoms with Crippen LogP contribution < -0.4 is 5.32 Å². The lowest BCUT2D eigenvalue weighted by molar-refractivity contribution is -0.147. The van der Waals surface area contributed by atoms with E-state index in [0.717, 1.165) is 0 Å². The summed E-state index contributed by atoms with van der Waals surface area (Å²) in [6.45, 7) is 8.43. The van der Waals surface area contributed by atoms with Crippen molar-refractivity contribution in [2.45, 2.75) is 38.8 Å². The molecule has 5 heteroatoms. The highest BCUT2D eigenvalue weighted by molar-refractivity contribution is 5.78. The Morgan fingerprint density at radius 3 is 2.19 bits per heavy atom. The van der Waals surface area contributed by atoms with E-state index in [2.05, 4.69) is 5.32 Å². The molecule has 0 rings (SSSR count). The number of hydrogen-bond acceptors (Lipinski definition) is 4. The molecule has 0 saturated heterocycles. The molecule has 0 aromatic rings. The molecule has 0 aliphatic carbocycles. The van der Waals surface area contributed by atoms with Gasteiger partial charge in [-0.25, -0.2) is 0 Å². The molecular formula is C11H23NO4. The molecule has 0 fully saturated rings. The van der Waals surface area contributed by atoms with Crippen LogP contribution in [0.15, 0.2) is 0 Å². The van der Waals surface area contributed by atoms with Gasteiger partial charge < -0.3 is 19.9 Å². The zero-order chi connectivity index (χ0) is 12.8. The normalized spacial score (nSPS) is 15.8. The lowest BCUT2D eigenvalue weighted by atomic mass is 10.1. The molecule has 0 radical (unpaired) electrons. The Morgan fingerprint density at radius 1 is 1.25 bits per heavy atom. The topological polar surface area (TPSA) is 67.8 Å². The summed E-state index contributed by atoms with van der Waals surface area (Å²) in [7, 11) is 1.60. The number of likely N-dealkylation sites (N-methyl/N-ethyl adjacent to an activating group) is 1. The highest BCUT2D eigenvalue weighted by Crippen LogP contribution is 2.07. The van der Waals surface area contributed by atoms with Crippen LogP contribution in [0, 0.1) is 0 Å². The number of carbonyl (C=O) groups is 1. The van der Waals surface area contributed by atoms with Gasteiger partial charge in [-0.3, -0.25) is 4.79 Å². The first-order valence-electron chi connectivity index (χ1n) is 5.35. The summed E-state index contributed by atoms with van der Waals surface area (Å²) in [6, 6.07) is 0. The minimum absolute atomic E-state index is 0.117. The molecule has 0 aromatic carbocycles. The predicted octanol–water partition coefficient (Wildman–Crippen LogP) is 0.881. The highest BCUT2D eigenvalue weighted by Gasteiger charge is 2.31. The van der Waals surface area contributed by atoms with Crippen LogP contribution in [-0.4, -0.2) is 49.1 Å². The van der Waals surface area contributed by atoms with Gasteiger partial charge in [-0.2, -0.15) is 0 Å². The number of aliphatic carboxylic acids is 1. The minimum atomic E-state index is -1.04. The first-order valence-corrected chi connectivity index (χ1v) is 5.35. The SMILES string of the molecule is CNC(C)(COCCOC(C)(C)C)C(=O)O. The number of rotatable bonds is 7. The molecule has 5 nitrogen and oxygen atoms in total. The standard InChI is InChI=1S/C11H23NO4/c1-10(2,3)16-7-6-15-8-11(4,12-5)9(13)14/h12H,6-8H2,1-5H3,(H,13,14). The monoisotopic (exact) mass is 233 g/mol. The number of nitrogens with one attached hydrogen (secondary N) is 1. The van der Waals surface area contributed by atoms with Crippen molar-refractivity contribution in [3.05, 3.63) is 0 Å². The van der Waals surface area contributed by atoms with Gasteiger partial charge in [0.25, 0.3) is 0 Å². The Balaban J connectivity index is 3.77. The van der Waals surface area contributed by atoms with Gasteiger partial charge in [0.1, 0.15) is 5.54 Å². The average Bonchev–Trinajstić information content (AvgIpc) is 2.14. The maximum atomic E-state index is 10.9. The van der Waals surface area contributed by atoms with Crippen molar-refractivity contribution in [3.63, 3.8) is 0 Å². The maximum Gasteiger partial charge on any atom is 0.326 e. The van der Waals surface area contributed by atoms with E-state index in [4.69, 9.17) is 14.6 Å². The van der Waals surface area contributed by atoms with Crippen molar-refractivity contribution in [3.8, 4) is 0 Å². The lowest BCUT2D eigenvalue weighted by Crippen LogP contribution is -2.51. The van der Waals surface area contributed by atoms with Crippen molar-refractivity contribution in [2.24, 2.45) is 0 Å². The Hall–Kier alpha value is -0.650. The van der Waals surface area contributed by atoms with Gasteiger partial charge in [-0.15, -0.1) is 0 Å². The van der Waals surface area contributed by atoms with Gasteiger partial charge in [0.05, 0.1) is 25.4 Å². The summed E-state index contributed by atoms with van der Waals surface area (Å²) in [5.41, 5.74) is -1.23. The van der Waals surface area contributed by atoms with E-state index in [-0.39, 0.29) is 12.2 Å². The third-order valence-corrected chi connectivity index (χ3v) is 2.18. The van der Waals surface area contributed by atoms with Gasteiger partial charge in [-0.05, 0) is 34.7 Å². The van der Waals surface area contributed by atoms with Crippen LogP contribution in [0.25, 0.3) is 0 Å². The molecule has 0 aromatic heterocycles. The summed E-state index contributed by atoms with van der Waals surface area (Å²) in [4.78, 5) is 10.9. The lowest BCUT2D eigenvalue weighted by Gasteiger charge is -2.24. The van der Waals surface area contributed by atoms with Crippen molar-refractivity contribution in [1.82, 2.24) is 5.32 Å². The van der Waals surface area contributed by atoms with Gasteiger partial charge in [-0.1, -0.05) is 0 Å². The van der Waals surface area contributed by atoms with E-state index in [9.17, 15) is 4.79 Å². The zero-order valence-corrected chi connectivity index (χ0v) is 10.8.